The lowest BCUT2D eigenvalue weighted by molar-refractivity contribution is -0.175. The molecule has 0 spiro atoms. The highest BCUT2D eigenvalue weighted by atomic mass is 32.2. The number of hydrogen-bond donors (Lipinski definition) is 0. The number of fused-ring (bicyclic) bond motifs is 5. The summed E-state index contributed by atoms with van der Waals surface area (Å²) in [5, 5.41) is 0. The highest BCUT2D eigenvalue weighted by Crippen LogP contribution is 2.42. The molecule has 194 valence electrons. The number of esters is 1. The maximum atomic E-state index is 13.7. The molecule has 0 saturated heterocycles. The average Bonchev–Trinajstić information content (AvgIpc) is 3.22. The Morgan fingerprint density at radius 1 is 1.19 bits per heavy atom. The minimum Gasteiger partial charge on any atom is -0.457 e. The number of carbonyl (C=O) groups is 2. The average molecular weight is 522 g/mol. The Kier molecular flexibility index (Phi) is 7.29. The molecule has 5 rings (SSSR count). The van der Waals surface area contributed by atoms with Crippen LogP contribution < -0.4 is 5.56 Å². The molecule has 0 amide bonds. The molecule has 0 unspecified atom stereocenters. The first-order valence-corrected chi connectivity index (χ1v) is 14.0. The van der Waals surface area contributed by atoms with E-state index in [2.05, 4.69) is 31.2 Å². The molecule has 0 saturated carbocycles. The summed E-state index contributed by atoms with van der Waals surface area (Å²) in [5.41, 5.74) is 3.96. The number of ether oxygens (including phenoxy) is 3. The molecular formula is C29H31NO6S. The third kappa shape index (κ3) is 4.63. The molecule has 8 heteroatoms. The quantitative estimate of drug-likeness (QED) is 0.364. The van der Waals surface area contributed by atoms with Crippen molar-refractivity contribution < 1.29 is 23.8 Å². The summed E-state index contributed by atoms with van der Waals surface area (Å²) in [7, 11) is 0. The normalized spacial score (nSPS) is 22.5. The van der Waals surface area contributed by atoms with Gasteiger partial charge in [-0.15, -0.1) is 0 Å². The predicted molar refractivity (Wildman–Crippen MR) is 143 cm³/mol. The van der Waals surface area contributed by atoms with E-state index >= 15 is 0 Å². The van der Waals surface area contributed by atoms with E-state index in [1.807, 2.05) is 18.2 Å². The van der Waals surface area contributed by atoms with Crippen molar-refractivity contribution in [2.45, 2.75) is 58.3 Å². The van der Waals surface area contributed by atoms with Crippen LogP contribution in [0.5, 0.6) is 0 Å². The smallest absolute Gasteiger partial charge is 0.457 e. The Morgan fingerprint density at radius 2 is 2.03 bits per heavy atom. The Balaban J connectivity index is 1.51. The molecule has 0 radical (unpaired) electrons. The Labute approximate surface area is 220 Å². The highest BCUT2D eigenvalue weighted by molar-refractivity contribution is 7.99. The van der Waals surface area contributed by atoms with Gasteiger partial charge in [0, 0.05) is 11.3 Å². The van der Waals surface area contributed by atoms with E-state index in [0.29, 0.717) is 23.4 Å². The molecule has 37 heavy (non-hydrogen) atoms. The van der Waals surface area contributed by atoms with Crippen LogP contribution in [-0.4, -0.2) is 34.8 Å². The number of cyclic esters (lactones) is 1. The van der Waals surface area contributed by atoms with Crippen LogP contribution >= 0.6 is 11.8 Å². The molecular weight excluding hydrogens is 490 g/mol. The molecule has 3 heterocycles. The van der Waals surface area contributed by atoms with Gasteiger partial charge in [-0.25, -0.2) is 9.59 Å². The molecule has 2 aliphatic heterocycles. The van der Waals surface area contributed by atoms with Crippen LogP contribution in [-0.2, 0) is 44.2 Å². The first-order valence-electron chi connectivity index (χ1n) is 12.9. The van der Waals surface area contributed by atoms with Gasteiger partial charge in [-0.1, -0.05) is 44.2 Å². The fourth-order valence-electron chi connectivity index (χ4n) is 5.28. The monoisotopic (exact) mass is 521 g/mol. The van der Waals surface area contributed by atoms with Gasteiger partial charge in [0.25, 0.3) is 5.56 Å². The van der Waals surface area contributed by atoms with E-state index in [1.165, 1.54) is 5.56 Å². The predicted octanol–water partition coefficient (Wildman–Crippen LogP) is 5.23. The van der Waals surface area contributed by atoms with Gasteiger partial charge in [0.05, 0.1) is 17.8 Å². The highest BCUT2D eigenvalue weighted by Gasteiger charge is 2.51. The third-order valence-electron chi connectivity index (χ3n) is 7.16. The van der Waals surface area contributed by atoms with E-state index in [9.17, 15) is 14.4 Å². The number of rotatable bonds is 7. The molecule has 1 atom stereocenters. The number of carbonyl (C=O) groups excluding carboxylic acids is 2. The summed E-state index contributed by atoms with van der Waals surface area (Å²) in [5.74, 6) is 0.937. The number of pyridine rings is 1. The summed E-state index contributed by atoms with van der Waals surface area (Å²) in [6.07, 6.45) is 6.25. The largest absolute Gasteiger partial charge is 0.509 e. The number of benzene rings is 1. The van der Waals surface area contributed by atoms with Crippen molar-refractivity contribution in [1.29, 1.82) is 0 Å². The number of thioether (sulfide) groups is 1. The van der Waals surface area contributed by atoms with Crippen molar-refractivity contribution in [3.63, 3.8) is 0 Å². The second-order valence-corrected chi connectivity index (χ2v) is 10.6. The van der Waals surface area contributed by atoms with Gasteiger partial charge < -0.3 is 18.8 Å². The van der Waals surface area contributed by atoms with Gasteiger partial charge in [-0.2, -0.15) is 11.8 Å². The van der Waals surface area contributed by atoms with E-state index in [1.54, 1.807) is 23.3 Å². The van der Waals surface area contributed by atoms with Gasteiger partial charge in [0.1, 0.15) is 13.2 Å². The summed E-state index contributed by atoms with van der Waals surface area (Å²) < 4.78 is 18.1. The van der Waals surface area contributed by atoms with Crippen molar-refractivity contribution in [2.75, 3.05) is 18.1 Å². The summed E-state index contributed by atoms with van der Waals surface area (Å²) in [6, 6.07) is 10.1. The standard InChI is InChI=1S/C29H31NO6S/c1-3-13-37-14-12-34-28(33)36-29(4-2)24-16-25-22-11-7-10-19-8-5-6-9-20(19)15-21(22)17-30(25)26(31)23(24)18-35-27(29)32/h5-6,8-9,11,15-16H,3-4,7,10,12-14,17-18H2,1-2H3/b21-15-,22-11+/t29-/m0/s1. The lowest BCUT2D eigenvalue weighted by Crippen LogP contribution is -2.47. The van der Waals surface area contributed by atoms with Gasteiger partial charge in [0.15, 0.2) is 0 Å². The number of nitrogens with zero attached hydrogens (tertiary/aromatic N) is 1. The lowest BCUT2D eigenvalue weighted by atomic mass is 9.85. The second-order valence-electron chi connectivity index (χ2n) is 9.41. The van der Waals surface area contributed by atoms with Crippen LogP contribution in [0.4, 0.5) is 4.79 Å². The zero-order valence-corrected chi connectivity index (χ0v) is 22.0. The van der Waals surface area contributed by atoms with Crippen molar-refractivity contribution in [2.24, 2.45) is 0 Å². The van der Waals surface area contributed by atoms with Crippen molar-refractivity contribution >= 4 is 35.5 Å². The van der Waals surface area contributed by atoms with Crippen LogP contribution in [0.1, 0.15) is 61.1 Å². The van der Waals surface area contributed by atoms with Crippen molar-refractivity contribution in [1.82, 2.24) is 4.57 Å². The van der Waals surface area contributed by atoms with Gasteiger partial charge >= 0.3 is 12.1 Å². The van der Waals surface area contributed by atoms with Crippen LogP contribution in [0.25, 0.3) is 11.6 Å². The zero-order chi connectivity index (χ0) is 26.0. The fraction of sp³-hybridized carbons (Fsp3) is 0.414. The first-order chi connectivity index (χ1) is 18.0. The third-order valence-corrected chi connectivity index (χ3v) is 8.31. The Bertz CT molecular complexity index is 1360. The van der Waals surface area contributed by atoms with E-state index in [4.69, 9.17) is 14.2 Å². The minimum atomic E-state index is -1.72. The number of allylic oxidation sites excluding steroid dienone is 3. The zero-order valence-electron chi connectivity index (χ0n) is 21.2. The van der Waals surface area contributed by atoms with E-state index < -0.39 is 17.7 Å². The Morgan fingerprint density at radius 3 is 2.84 bits per heavy atom. The maximum absolute atomic E-state index is 13.7. The number of hydrogen-bond acceptors (Lipinski definition) is 7. The molecule has 0 bridgehead atoms. The topological polar surface area (TPSA) is 83.8 Å². The van der Waals surface area contributed by atoms with Gasteiger partial charge in [0.2, 0.25) is 5.60 Å². The molecule has 3 aliphatic rings. The van der Waals surface area contributed by atoms with Gasteiger partial charge in [-0.3, -0.25) is 4.79 Å². The fourth-order valence-corrected chi connectivity index (χ4v) is 5.97. The van der Waals surface area contributed by atoms with Crippen LogP contribution in [0.3, 0.4) is 0 Å². The molecule has 0 N–H and O–H groups in total. The Hall–Kier alpha value is -3.26. The lowest BCUT2D eigenvalue weighted by Gasteiger charge is -2.35. The second kappa shape index (κ2) is 10.6. The summed E-state index contributed by atoms with van der Waals surface area (Å²) in [6.45, 7) is 4.29. The minimum absolute atomic E-state index is 0.122. The SMILES string of the molecule is CCCSCCOC(=O)O[C@]1(CC)C(=O)OCc2c1cc1n(c2=O)CC2=C/c3ccccc3CC/C=C\21. The van der Waals surface area contributed by atoms with Crippen LogP contribution in [0.15, 0.2) is 46.8 Å². The molecule has 0 fully saturated rings. The summed E-state index contributed by atoms with van der Waals surface area (Å²) in [4.78, 5) is 39.4. The summed E-state index contributed by atoms with van der Waals surface area (Å²) >= 11 is 1.68. The van der Waals surface area contributed by atoms with E-state index in [-0.39, 0.29) is 25.2 Å². The number of aromatic nitrogens is 1. The molecule has 1 aliphatic carbocycles. The molecule has 1 aromatic heterocycles. The molecule has 7 nitrogen and oxygen atoms in total. The molecule has 2 aromatic rings. The van der Waals surface area contributed by atoms with E-state index in [0.717, 1.165) is 47.4 Å². The van der Waals surface area contributed by atoms with Crippen molar-refractivity contribution in [3.8, 4) is 0 Å². The van der Waals surface area contributed by atoms with Crippen molar-refractivity contribution in [3.05, 3.63) is 80.3 Å². The molecule has 1 aromatic carbocycles. The van der Waals surface area contributed by atoms with Crippen LogP contribution in [0, 0.1) is 0 Å². The van der Waals surface area contributed by atoms with Crippen LogP contribution in [0.2, 0.25) is 0 Å². The first kappa shape index (κ1) is 25.4. The maximum Gasteiger partial charge on any atom is 0.509 e. The number of aryl methyl sites for hydroxylation is 1. The van der Waals surface area contributed by atoms with Gasteiger partial charge in [-0.05, 0) is 65.9 Å².